The van der Waals surface area contributed by atoms with Crippen molar-refractivity contribution < 1.29 is 4.79 Å². The molecule has 6 heteroatoms. The summed E-state index contributed by atoms with van der Waals surface area (Å²) in [4.78, 5) is 32.8. The molecule has 2 aromatic rings. The molecule has 2 heterocycles. The van der Waals surface area contributed by atoms with E-state index in [9.17, 15) is 9.59 Å². The van der Waals surface area contributed by atoms with Crippen LogP contribution >= 0.6 is 0 Å². The van der Waals surface area contributed by atoms with Crippen LogP contribution in [-0.4, -0.2) is 47.0 Å². The van der Waals surface area contributed by atoms with E-state index in [1.807, 2.05) is 0 Å². The summed E-state index contributed by atoms with van der Waals surface area (Å²) in [6.45, 7) is 1.42. The molecule has 110 valence electrons. The van der Waals surface area contributed by atoms with Crippen LogP contribution in [0.3, 0.4) is 0 Å². The number of rotatable bonds is 5. The van der Waals surface area contributed by atoms with E-state index in [2.05, 4.69) is 27.2 Å². The van der Waals surface area contributed by atoms with Crippen LogP contribution in [0.15, 0.2) is 29.3 Å². The van der Waals surface area contributed by atoms with Gasteiger partial charge in [-0.25, -0.2) is 0 Å². The minimum Gasteiger partial charge on any atom is -0.351 e. The van der Waals surface area contributed by atoms with E-state index in [1.165, 1.54) is 19.0 Å². The van der Waals surface area contributed by atoms with Gasteiger partial charge in [0.1, 0.15) is 5.52 Å². The number of nitrogens with one attached hydrogen (secondary N) is 2. The molecule has 1 fully saturated rings. The van der Waals surface area contributed by atoms with Crippen LogP contribution in [0.25, 0.3) is 10.9 Å². The van der Waals surface area contributed by atoms with Gasteiger partial charge < -0.3 is 15.2 Å². The van der Waals surface area contributed by atoms with E-state index in [4.69, 9.17) is 0 Å². The van der Waals surface area contributed by atoms with Crippen LogP contribution in [0.1, 0.15) is 23.2 Å². The molecule has 0 radical (unpaired) electrons. The second-order valence-electron chi connectivity index (χ2n) is 5.40. The third-order valence-corrected chi connectivity index (χ3v) is 3.83. The predicted molar refractivity (Wildman–Crippen MR) is 80.3 cm³/mol. The molecule has 0 spiro atoms. The fraction of sp³-hybridized carbons (Fsp3) is 0.400. The number of nitrogens with zero attached hydrogens (tertiary/aromatic N) is 2. The molecule has 0 aliphatic heterocycles. The molecule has 2 aromatic heterocycles. The van der Waals surface area contributed by atoms with Crippen molar-refractivity contribution in [1.82, 2.24) is 20.2 Å². The highest BCUT2D eigenvalue weighted by Crippen LogP contribution is 2.24. The zero-order chi connectivity index (χ0) is 14.8. The molecule has 21 heavy (non-hydrogen) atoms. The van der Waals surface area contributed by atoms with E-state index < -0.39 is 0 Å². The van der Waals surface area contributed by atoms with E-state index in [-0.39, 0.29) is 11.5 Å². The average Bonchev–Trinajstić information content (AvgIpc) is 3.32. The number of H-pyrrole nitrogens is 1. The predicted octanol–water partition coefficient (Wildman–Crippen LogP) is 0.747. The standard InChI is InChI=1S/C15H18N4O2/c1-19(10-4-5-10)8-7-17-14(20)12-9-18-15(21)13-11(12)3-2-6-16-13/h2-3,6,9-10H,4-5,7-8H2,1H3,(H,17,20)(H,18,21). The lowest BCUT2D eigenvalue weighted by molar-refractivity contribution is 0.0950. The van der Waals surface area contributed by atoms with Gasteiger partial charge in [0.25, 0.3) is 11.5 Å². The molecule has 3 rings (SSSR count). The Kier molecular flexibility index (Phi) is 3.70. The molecule has 1 aliphatic carbocycles. The topological polar surface area (TPSA) is 78.1 Å². The molecule has 1 aliphatic rings. The van der Waals surface area contributed by atoms with Gasteiger partial charge in [0.15, 0.2) is 0 Å². The first-order valence-corrected chi connectivity index (χ1v) is 7.11. The molecule has 0 atom stereocenters. The van der Waals surface area contributed by atoms with Crippen LogP contribution < -0.4 is 10.9 Å². The Labute approximate surface area is 122 Å². The van der Waals surface area contributed by atoms with Crippen molar-refractivity contribution in [2.24, 2.45) is 0 Å². The van der Waals surface area contributed by atoms with Crippen LogP contribution in [-0.2, 0) is 0 Å². The lowest BCUT2D eigenvalue weighted by Crippen LogP contribution is -2.34. The molecule has 2 N–H and O–H groups in total. The minimum atomic E-state index is -0.282. The Hall–Kier alpha value is -2.21. The first-order valence-electron chi connectivity index (χ1n) is 7.11. The number of amides is 1. The van der Waals surface area contributed by atoms with Crippen molar-refractivity contribution in [2.45, 2.75) is 18.9 Å². The fourth-order valence-corrected chi connectivity index (χ4v) is 2.41. The highest BCUT2D eigenvalue weighted by atomic mass is 16.1. The SMILES string of the molecule is CN(CCNC(=O)c1c[nH]c(=O)c2ncccc12)C1CC1. The van der Waals surface area contributed by atoms with Gasteiger partial charge in [-0.1, -0.05) is 6.07 Å². The Bertz CT molecular complexity index is 721. The van der Waals surface area contributed by atoms with Crippen molar-refractivity contribution >= 4 is 16.8 Å². The van der Waals surface area contributed by atoms with Gasteiger partial charge in [0, 0.05) is 36.9 Å². The molecule has 0 bridgehead atoms. The summed E-state index contributed by atoms with van der Waals surface area (Å²) >= 11 is 0. The van der Waals surface area contributed by atoms with Crippen molar-refractivity contribution in [2.75, 3.05) is 20.1 Å². The molecule has 1 saturated carbocycles. The Morgan fingerprint density at radius 2 is 2.33 bits per heavy atom. The highest BCUT2D eigenvalue weighted by Gasteiger charge is 2.25. The fourth-order valence-electron chi connectivity index (χ4n) is 2.41. The maximum absolute atomic E-state index is 12.3. The first-order chi connectivity index (χ1) is 10.2. The smallest absolute Gasteiger partial charge is 0.274 e. The highest BCUT2D eigenvalue weighted by molar-refractivity contribution is 6.05. The van der Waals surface area contributed by atoms with Gasteiger partial charge in [-0.2, -0.15) is 0 Å². The summed E-state index contributed by atoms with van der Waals surface area (Å²) < 4.78 is 0. The van der Waals surface area contributed by atoms with Crippen molar-refractivity contribution in [3.05, 3.63) is 40.4 Å². The largest absolute Gasteiger partial charge is 0.351 e. The monoisotopic (exact) mass is 286 g/mol. The van der Waals surface area contributed by atoms with Crippen molar-refractivity contribution in [1.29, 1.82) is 0 Å². The Morgan fingerprint density at radius 1 is 1.52 bits per heavy atom. The van der Waals surface area contributed by atoms with Crippen LogP contribution in [0.5, 0.6) is 0 Å². The number of hydrogen-bond donors (Lipinski definition) is 2. The van der Waals surface area contributed by atoms with E-state index in [0.717, 1.165) is 6.54 Å². The summed E-state index contributed by atoms with van der Waals surface area (Å²) in [7, 11) is 2.07. The third-order valence-electron chi connectivity index (χ3n) is 3.83. The Balaban J connectivity index is 1.72. The summed E-state index contributed by atoms with van der Waals surface area (Å²) in [6, 6.07) is 4.14. The van der Waals surface area contributed by atoms with Crippen molar-refractivity contribution in [3.8, 4) is 0 Å². The summed E-state index contributed by atoms with van der Waals surface area (Å²) in [5.74, 6) is -0.187. The van der Waals surface area contributed by atoms with E-state index >= 15 is 0 Å². The second-order valence-corrected chi connectivity index (χ2v) is 5.40. The molecule has 0 saturated heterocycles. The maximum atomic E-state index is 12.3. The molecule has 0 unspecified atom stereocenters. The van der Waals surface area contributed by atoms with Gasteiger partial charge in [-0.3, -0.25) is 14.6 Å². The first kappa shape index (κ1) is 13.8. The van der Waals surface area contributed by atoms with Gasteiger partial charge in [0.05, 0.1) is 5.56 Å². The maximum Gasteiger partial charge on any atom is 0.274 e. The average molecular weight is 286 g/mol. The number of aromatic nitrogens is 2. The van der Waals surface area contributed by atoms with E-state index in [1.54, 1.807) is 18.3 Å². The minimum absolute atomic E-state index is 0.187. The lowest BCUT2D eigenvalue weighted by Gasteiger charge is -2.15. The summed E-state index contributed by atoms with van der Waals surface area (Å²) in [5, 5.41) is 3.47. The van der Waals surface area contributed by atoms with Gasteiger partial charge in [0.2, 0.25) is 0 Å². The number of fused-ring (bicyclic) bond motifs is 1. The van der Waals surface area contributed by atoms with Crippen LogP contribution in [0.2, 0.25) is 0 Å². The van der Waals surface area contributed by atoms with Gasteiger partial charge >= 0.3 is 0 Å². The molecular weight excluding hydrogens is 268 g/mol. The zero-order valence-electron chi connectivity index (χ0n) is 11.9. The number of hydrogen-bond acceptors (Lipinski definition) is 4. The normalized spacial score (nSPS) is 14.6. The third kappa shape index (κ3) is 2.95. The molecular formula is C15H18N4O2. The molecule has 1 amide bonds. The molecule has 0 aromatic carbocycles. The van der Waals surface area contributed by atoms with Crippen LogP contribution in [0.4, 0.5) is 0 Å². The number of pyridine rings is 2. The Morgan fingerprint density at radius 3 is 3.10 bits per heavy atom. The summed E-state index contributed by atoms with van der Waals surface area (Å²) in [6.07, 6.45) is 5.50. The number of carbonyl (C=O) groups excluding carboxylic acids is 1. The lowest BCUT2D eigenvalue weighted by atomic mass is 10.1. The second kappa shape index (κ2) is 5.65. The van der Waals surface area contributed by atoms with Crippen molar-refractivity contribution in [3.63, 3.8) is 0 Å². The van der Waals surface area contributed by atoms with Crippen LogP contribution in [0, 0.1) is 0 Å². The molecule has 6 nitrogen and oxygen atoms in total. The quantitative estimate of drug-likeness (QED) is 0.850. The van der Waals surface area contributed by atoms with Gasteiger partial charge in [-0.15, -0.1) is 0 Å². The van der Waals surface area contributed by atoms with Gasteiger partial charge in [-0.05, 0) is 26.0 Å². The zero-order valence-corrected chi connectivity index (χ0v) is 11.9. The number of aromatic amines is 1. The summed E-state index contributed by atoms with van der Waals surface area (Å²) in [5.41, 5.74) is 0.461. The van der Waals surface area contributed by atoms with E-state index in [0.29, 0.717) is 29.1 Å². The number of carbonyl (C=O) groups is 1. The number of likely N-dealkylation sites (N-methyl/N-ethyl adjacent to an activating group) is 1.